The van der Waals surface area contributed by atoms with Gasteiger partial charge >= 0.3 is 0 Å². The first-order valence-electron chi connectivity index (χ1n) is 5.33. The van der Waals surface area contributed by atoms with Crippen molar-refractivity contribution in [3.8, 4) is 0 Å². The van der Waals surface area contributed by atoms with Crippen LogP contribution >= 0.6 is 0 Å². The Kier molecular flexibility index (Phi) is 5.88. The molecule has 0 spiro atoms. The summed E-state index contributed by atoms with van der Waals surface area (Å²) >= 11 is 0. The van der Waals surface area contributed by atoms with Crippen molar-refractivity contribution in [2.45, 2.75) is 0 Å². The van der Waals surface area contributed by atoms with Gasteiger partial charge in [-0.25, -0.2) is 9.97 Å². The lowest BCUT2D eigenvalue weighted by molar-refractivity contribution is 0.325. The highest BCUT2D eigenvalue weighted by molar-refractivity contribution is 5.34. The molecule has 1 aliphatic heterocycles. The fourth-order valence-corrected chi connectivity index (χ4v) is 1.28. The summed E-state index contributed by atoms with van der Waals surface area (Å²) < 4.78 is 0. The number of piperazine rings is 1. The van der Waals surface area contributed by atoms with E-state index < -0.39 is 0 Å². The van der Waals surface area contributed by atoms with Gasteiger partial charge in [-0.2, -0.15) is 0 Å². The highest BCUT2D eigenvalue weighted by Gasteiger charge is 2.01. The van der Waals surface area contributed by atoms with Crippen molar-refractivity contribution in [1.82, 2.24) is 20.2 Å². The third-order valence-electron chi connectivity index (χ3n) is 2.18. The minimum Gasteiger partial charge on any atom is -0.375 e. The number of nitrogens with zero attached hydrogens (tertiary/aromatic N) is 3. The second-order valence-corrected chi connectivity index (χ2v) is 3.28. The molecule has 2 heterocycles. The van der Waals surface area contributed by atoms with Crippen molar-refractivity contribution in [3.05, 3.63) is 43.6 Å². The van der Waals surface area contributed by atoms with E-state index in [4.69, 9.17) is 0 Å². The standard InChI is InChI=1S/C6H12N2.C6H6N2/c1-2-8-5-3-7-4-6-8;1-2-6-7-4-3-5-8-6/h2,7H,1,3-6H2;2-5H,1H2. The molecule has 1 aromatic rings. The molecule has 2 rings (SSSR count). The Bertz CT molecular complexity index is 304. The molecular formula is C12H18N4. The smallest absolute Gasteiger partial charge is 0.151 e. The summed E-state index contributed by atoms with van der Waals surface area (Å²) in [6, 6.07) is 1.77. The molecule has 4 heteroatoms. The van der Waals surface area contributed by atoms with Crippen molar-refractivity contribution < 1.29 is 0 Å². The summed E-state index contributed by atoms with van der Waals surface area (Å²) in [5.74, 6) is 0.674. The van der Waals surface area contributed by atoms with E-state index in [1.807, 2.05) is 6.20 Å². The molecule has 0 unspecified atom stereocenters. The van der Waals surface area contributed by atoms with Crippen LogP contribution in [0, 0.1) is 0 Å². The summed E-state index contributed by atoms with van der Waals surface area (Å²) in [6.07, 6.45) is 6.88. The van der Waals surface area contributed by atoms with E-state index in [1.165, 1.54) is 0 Å². The summed E-state index contributed by atoms with van der Waals surface area (Å²) in [5.41, 5.74) is 0. The van der Waals surface area contributed by atoms with Gasteiger partial charge < -0.3 is 10.2 Å². The molecular weight excluding hydrogens is 200 g/mol. The monoisotopic (exact) mass is 218 g/mol. The first-order valence-corrected chi connectivity index (χ1v) is 5.33. The zero-order valence-electron chi connectivity index (χ0n) is 9.47. The van der Waals surface area contributed by atoms with Crippen molar-refractivity contribution in [2.75, 3.05) is 26.2 Å². The number of aromatic nitrogens is 2. The first kappa shape index (κ1) is 12.4. The number of rotatable bonds is 2. The Labute approximate surface area is 96.7 Å². The molecule has 0 aromatic carbocycles. The first-order chi connectivity index (χ1) is 7.86. The molecule has 0 aliphatic carbocycles. The van der Waals surface area contributed by atoms with E-state index in [1.54, 1.807) is 24.5 Å². The zero-order valence-corrected chi connectivity index (χ0v) is 9.47. The SMILES string of the molecule is C=CN1CCNCC1.C=Cc1ncccn1. The lowest BCUT2D eigenvalue weighted by Crippen LogP contribution is -2.40. The molecule has 1 N–H and O–H groups in total. The van der Waals surface area contributed by atoms with Gasteiger partial charge in [-0.05, 0) is 18.3 Å². The van der Waals surface area contributed by atoms with Crippen molar-refractivity contribution in [2.24, 2.45) is 0 Å². The van der Waals surface area contributed by atoms with Gasteiger partial charge in [-0.1, -0.05) is 13.2 Å². The lowest BCUT2D eigenvalue weighted by atomic mass is 10.4. The van der Waals surface area contributed by atoms with Crippen molar-refractivity contribution in [3.63, 3.8) is 0 Å². The maximum absolute atomic E-state index is 3.87. The third-order valence-corrected chi connectivity index (χ3v) is 2.18. The van der Waals surface area contributed by atoms with Crippen LogP contribution in [-0.4, -0.2) is 41.0 Å². The summed E-state index contributed by atoms with van der Waals surface area (Å²) in [4.78, 5) is 9.95. The molecule has 1 aromatic heterocycles. The molecule has 1 aliphatic rings. The predicted octanol–water partition coefficient (Wildman–Crippen LogP) is 1.15. The van der Waals surface area contributed by atoms with E-state index in [0.717, 1.165) is 26.2 Å². The van der Waals surface area contributed by atoms with Crippen LogP contribution in [0.5, 0.6) is 0 Å². The average molecular weight is 218 g/mol. The van der Waals surface area contributed by atoms with Gasteiger partial charge in [0.05, 0.1) is 0 Å². The van der Waals surface area contributed by atoms with Crippen LogP contribution < -0.4 is 5.32 Å². The Morgan fingerprint density at radius 3 is 2.19 bits per heavy atom. The van der Waals surface area contributed by atoms with Crippen LogP contribution in [0.25, 0.3) is 6.08 Å². The lowest BCUT2D eigenvalue weighted by Gasteiger charge is -2.24. The van der Waals surface area contributed by atoms with E-state index in [2.05, 4.69) is 33.3 Å². The summed E-state index contributed by atoms with van der Waals surface area (Å²) in [5, 5.41) is 3.26. The highest BCUT2D eigenvalue weighted by Crippen LogP contribution is 1.89. The molecule has 4 nitrogen and oxygen atoms in total. The van der Waals surface area contributed by atoms with Crippen LogP contribution in [0.1, 0.15) is 5.82 Å². The molecule has 0 atom stereocenters. The van der Waals surface area contributed by atoms with E-state index >= 15 is 0 Å². The maximum Gasteiger partial charge on any atom is 0.151 e. The second kappa shape index (κ2) is 7.59. The Morgan fingerprint density at radius 2 is 1.81 bits per heavy atom. The summed E-state index contributed by atoms with van der Waals surface area (Å²) in [6.45, 7) is 11.6. The fourth-order valence-electron chi connectivity index (χ4n) is 1.28. The minimum absolute atomic E-state index is 0.674. The predicted molar refractivity (Wildman–Crippen MR) is 66.8 cm³/mol. The Hall–Kier alpha value is -1.68. The van der Waals surface area contributed by atoms with Crippen LogP contribution in [0.15, 0.2) is 37.8 Å². The van der Waals surface area contributed by atoms with E-state index in [0.29, 0.717) is 5.82 Å². The number of nitrogens with one attached hydrogen (secondary N) is 1. The molecule has 1 saturated heterocycles. The average Bonchev–Trinajstić information content (AvgIpc) is 2.41. The largest absolute Gasteiger partial charge is 0.375 e. The minimum atomic E-state index is 0.674. The van der Waals surface area contributed by atoms with Crippen LogP contribution in [0.4, 0.5) is 0 Å². The molecule has 0 bridgehead atoms. The highest BCUT2D eigenvalue weighted by atomic mass is 15.2. The van der Waals surface area contributed by atoms with Crippen LogP contribution in [0.3, 0.4) is 0 Å². The van der Waals surface area contributed by atoms with Crippen molar-refractivity contribution in [1.29, 1.82) is 0 Å². The van der Waals surface area contributed by atoms with Gasteiger partial charge in [0.15, 0.2) is 5.82 Å². The normalized spacial score (nSPS) is 14.6. The van der Waals surface area contributed by atoms with E-state index in [9.17, 15) is 0 Å². The Morgan fingerprint density at radius 1 is 1.19 bits per heavy atom. The van der Waals surface area contributed by atoms with Gasteiger partial charge in [0.1, 0.15) is 0 Å². The zero-order chi connectivity index (χ0) is 11.6. The third kappa shape index (κ3) is 4.70. The van der Waals surface area contributed by atoms with Crippen molar-refractivity contribution >= 4 is 6.08 Å². The molecule has 0 radical (unpaired) electrons. The summed E-state index contributed by atoms with van der Waals surface area (Å²) in [7, 11) is 0. The molecule has 0 amide bonds. The van der Waals surface area contributed by atoms with Gasteiger partial charge in [0, 0.05) is 38.6 Å². The molecule has 0 saturated carbocycles. The quantitative estimate of drug-likeness (QED) is 0.808. The molecule has 86 valence electrons. The molecule has 16 heavy (non-hydrogen) atoms. The van der Waals surface area contributed by atoms with Crippen LogP contribution in [0.2, 0.25) is 0 Å². The number of hydrogen-bond donors (Lipinski definition) is 1. The van der Waals surface area contributed by atoms with Crippen LogP contribution in [-0.2, 0) is 0 Å². The topological polar surface area (TPSA) is 41.0 Å². The molecule has 1 fully saturated rings. The fraction of sp³-hybridized carbons (Fsp3) is 0.333. The van der Waals surface area contributed by atoms with Gasteiger partial charge in [0.25, 0.3) is 0 Å². The van der Waals surface area contributed by atoms with Gasteiger partial charge in [0.2, 0.25) is 0 Å². The van der Waals surface area contributed by atoms with Gasteiger partial charge in [-0.15, -0.1) is 0 Å². The number of hydrogen-bond acceptors (Lipinski definition) is 4. The van der Waals surface area contributed by atoms with E-state index in [-0.39, 0.29) is 0 Å². The maximum atomic E-state index is 3.87. The van der Waals surface area contributed by atoms with Gasteiger partial charge in [-0.3, -0.25) is 0 Å². The Balaban J connectivity index is 0.000000160. The second-order valence-electron chi connectivity index (χ2n) is 3.28.